The Balaban J connectivity index is 0.00000561. The average Bonchev–Trinajstić information content (AvgIpc) is 3.16. The number of benzene rings is 4. The maximum absolute atomic E-state index is 12.9. The molecule has 54 heavy (non-hydrogen) atoms. The molecule has 1 atom stereocenters. The number of aliphatic hydroxyl groups is 1. The van der Waals surface area contributed by atoms with Crippen molar-refractivity contribution in [1.82, 2.24) is 15.2 Å². The van der Waals surface area contributed by atoms with Crippen LogP contribution in [0.2, 0.25) is 5.02 Å². The number of aliphatic hydroxyl groups excluding tert-OH is 1. The number of hydrogen-bond acceptors (Lipinski definition) is 9. The summed E-state index contributed by atoms with van der Waals surface area (Å²) >= 11 is 6.57. The highest BCUT2D eigenvalue weighted by atomic mass is 35.5. The van der Waals surface area contributed by atoms with Crippen LogP contribution in [-0.4, -0.2) is 71.5 Å². The highest BCUT2D eigenvalue weighted by Crippen LogP contribution is 2.32. The molecule has 14 heteroatoms. The Morgan fingerprint density at radius 2 is 1.70 bits per heavy atom. The SMILES string of the molecule is COc1cc(NC(=O)CCN2CCC(OC(=O)Nc3ccccc3-c3ccccc3)CC2)c(Cl)cc1CNCC(O)c1ccc(O)c2[nH]c(=O)ccc12.Cl. The molecule has 4 aromatic carbocycles. The number of aromatic hydroxyl groups is 1. The van der Waals surface area contributed by atoms with Crippen molar-refractivity contribution >= 4 is 58.3 Å². The predicted molar refractivity (Wildman–Crippen MR) is 213 cm³/mol. The van der Waals surface area contributed by atoms with Gasteiger partial charge in [-0.25, -0.2) is 4.79 Å². The van der Waals surface area contributed by atoms with E-state index in [1.54, 1.807) is 24.3 Å². The van der Waals surface area contributed by atoms with Crippen LogP contribution < -0.4 is 26.2 Å². The van der Waals surface area contributed by atoms with Crippen molar-refractivity contribution in [3.63, 3.8) is 0 Å². The number of aromatic nitrogens is 1. The molecule has 12 nitrogen and oxygen atoms in total. The van der Waals surface area contributed by atoms with E-state index in [4.69, 9.17) is 21.1 Å². The van der Waals surface area contributed by atoms with Gasteiger partial charge < -0.3 is 40.2 Å². The van der Waals surface area contributed by atoms with Gasteiger partial charge in [-0.05, 0) is 48.2 Å². The standard InChI is InChI=1S/C40H42ClN5O7.ClH/c1-52-36-22-33(31(41)21-26(36)23-42-24-35(48)29-11-13-34(47)39-30(29)12-14-37(49)45-39)43-38(50)17-20-46-18-15-27(16-19-46)53-40(51)44-32-10-6-5-9-28(32)25-7-3-2-4-8-25;/h2-14,21-22,27,35,42,47-48H,15-20,23-24H2,1H3,(H,43,50)(H,44,51)(H,45,49);1H. The summed E-state index contributed by atoms with van der Waals surface area (Å²) in [6.07, 6.45) is -0.0575. The highest BCUT2D eigenvalue weighted by molar-refractivity contribution is 6.33. The number of nitrogens with one attached hydrogen (secondary N) is 4. The molecule has 6 N–H and O–H groups in total. The van der Waals surface area contributed by atoms with Crippen molar-refractivity contribution in [2.45, 2.75) is 38.0 Å². The van der Waals surface area contributed by atoms with Gasteiger partial charge in [0.05, 0.1) is 35.1 Å². The highest BCUT2D eigenvalue weighted by Gasteiger charge is 2.24. The Morgan fingerprint density at radius 1 is 0.963 bits per heavy atom. The molecule has 1 saturated heterocycles. The van der Waals surface area contributed by atoms with Gasteiger partial charge in [0.25, 0.3) is 0 Å². The number of H-pyrrole nitrogens is 1. The number of piperidine rings is 1. The van der Waals surface area contributed by atoms with E-state index in [1.807, 2.05) is 54.6 Å². The molecular weight excluding hydrogens is 733 g/mol. The lowest BCUT2D eigenvalue weighted by Gasteiger charge is -2.31. The van der Waals surface area contributed by atoms with Gasteiger partial charge in [0, 0.05) is 67.8 Å². The van der Waals surface area contributed by atoms with E-state index in [-0.39, 0.29) is 54.2 Å². The molecule has 5 aromatic rings. The quantitative estimate of drug-likeness (QED) is 0.0751. The third-order valence-corrected chi connectivity index (χ3v) is 9.59. The number of phenolic OH excluding ortho intramolecular Hbond substituents is 1. The minimum atomic E-state index is -0.935. The fraction of sp³-hybridized carbons (Fsp3) is 0.275. The van der Waals surface area contributed by atoms with Crippen LogP contribution in [0.3, 0.4) is 0 Å². The summed E-state index contributed by atoms with van der Waals surface area (Å²) in [6, 6.07) is 26.8. The molecule has 1 aliphatic rings. The van der Waals surface area contributed by atoms with Gasteiger partial charge in [-0.1, -0.05) is 66.2 Å². The number of carbonyl (C=O) groups excluding carboxylic acids is 2. The smallest absolute Gasteiger partial charge is 0.411 e. The summed E-state index contributed by atoms with van der Waals surface area (Å²) in [5.41, 5.74) is 4.21. The van der Waals surface area contributed by atoms with Gasteiger partial charge in [0.1, 0.15) is 17.6 Å². The molecule has 1 unspecified atom stereocenters. The number of anilines is 2. The minimum absolute atomic E-state index is 0. The lowest BCUT2D eigenvalue weighted by Crippen LogP contribution is -2.39. The second kappa shape index (κ2) is 18.8. The molecule has 0 radical (unpaired) electrons. The van der Waals surface area contributed by atoms with Crippen LogP contribution in [0, 0.1) is 0 Å². The Morgan fingerprint density at radius 3 is 2.46 bits per heavy atom. The normalized spacial score (nSPS) is 13.8. The van der Waals surface area contributed by atoms with Crippen LogP contribution in [0.4, 0.5) is 16.2 Å². The van der Waals surface area contributed by atoms with E-state index in [0.29, 0.717) is 72.1 Å². The Bertz CT molecular complexity index is 2120. The Hall–Kier alpha value is -5.11. The van der Waals surface area contributed by atoms with E-state index in [1.165, 1.54) is 19.2 Å². The largest absolute Gasteiger partial charge is 0.506 e. The number of pyridine rings is 1. The maximum Gasteiger partial charge on any atom is 0.411 e. The lowest BCUT2D eigenvalue weighted by atomic mass is 10.0. The monoisotopic (exact) mass is 775 g/mol. The molecule has 6 rings (SSSR count). The fourth-order valence-electron chi connectivity index (χ4n) is 6.50. The number of ether oxygens (including phenoxy) is 2. The number of rotatable bonds is 13. The molecule has 2 heterocycles. The molecule has 1 aliphatic heterocycles. The van der Waals surface area contributed by atoms with Crippen molar-refractivity contribution < 1.29 is 29.3 Å². The number of para-hydroxylation sites is 1. The fourth-order valence-corrected chi connectivity index (χ4v) is 6.73. The molecule has 284 valence electrons. The predicted octanol–water partition coefficient (Wildman–Crippen LogP) is 6.85. The van der Waals surface area contributed by atoms with Crippen molar-refractivity contribution in [2.24, 2.45) is 0 Å². The summed E-state index contributed by atoms with van der Waals surface area (Å²) in [5.74, 6) is 0.234. The van der Waals surface area contributed by atoms with Gasteiger partial charge in [-0.2, -0.15) is 0 Å². The van der Waals surface area contributed by atoms with E-state index >= 15 is 0 Å². The maximum atomic E-state index is 12.9. The summed E-state index contributed by atoms with van der Waals surface area (Å²) in [4.78, 5) is 42.2. The number of likely N-dealkylation sites (tertiary alicyclic amines) is 1. The number of methoxy groups -OCH3 is 1. The Kier molecular flexibility index (Phi) is 13.9. The van der Waals surface area contributed by atoms with Crippen molar-refractivity contribution in [1.29, 1.82) is 0 Å². The first-order valence-corrected chi connectivity index (χ1v) is 17.8. The second-order valence-electron chi connectivity index (χ2n) is 12.9. The first kappa shape index (κ1) is 40.1. The van der Waals surface area contributed by atoms with Crippen LogP contribution in [0.25, 0.3) is 22.0 Å². The summed E-state index contributed by atoms with van der Waals surface area (Å²) in [5, 5.41) is 30.9. The van der Waals surface area contributed by atoms with E-state index < -0.39 is 12.2 Å². The van der Waals surface area contributed by atoms with Crippen LogP contribution in [0.15, 0.2) is 95.8 Å². The summed E-state index contributed by atoms with van der Waals surface area (Å²) in [7, 11) is 1.52. The van der Waals surface area contributed by atoms with Gasteiger partial charge in [-0.3, -0.25) is 14.9 Å². The van der Waals surface area contributed by atoms with Crippen LogP contribution >= 0.6 is 24.0 Å². The number of phenols is 1. The van der Waals surface area contributed by atoms with Crippen molar-refractivity contribution in [2.75, 3.05) is 43.9 Å². The van der Waals surface area contributed by atoms with Gasteiger partial charge in [0.15, 0.2) is 0 Å². The molecule has 0 aliphatic carbocycles. The number of amides is 2. The van der Waals surface area contributed by atoms with Crippen molar-refractivity contribution in [3.8, 4) is 22.6 Å². The molecule has 0 bridgehead atoms. The van der Waals surface area contributed by atoms with E-state index in [2.05, 4.69) is 25.8 Å². The number of fused-ring (bicyclic) bond motifs is 1. The second-order valence-corrected chi connectivity index (χ2v) is 13.3. The lowest BCUT2D eigenvalue weighted by molar-refractivity contribution is -0.116. The van der Waals surface area contributed by atoms with Crippen molar-refractivity contribution in [3.05, 3.63) is 117 Å². The van der Waals surface area contributed by atoms with E-state index in [0.717, 1.165) is 16.7 Å². The number of halogens is 2. The summed E-state index contributed by atoms with van der Waals surface area (Å²) < 4.78 is 11.3. The third-order valence-electron chi connectivity index (χ3n) is 9.28. The van der Waals surface area contributed by atoms with Gasteiger partial charge in [0.2, 0.25) is 11.5 Å². The zero-order valence-electron chi connectivity index (χ0n) is 29.6. The molecular formula is C40H43Cl2N5O7. The third kappa shape index (κ3) is 10.1. The number of nitrogens with zero attached hydrogens (tertiary/aromatic N) is 1. The van der Waals surface area contributed by atoms with Crippen LogP contribution in [-0.2, 0) is 16.1 Å². The van der Waals surface area contributed by atoms with Crippen LogP contribution in [0.5, 0.6) is 11.5 Å². The zero-order chi connectivity index (χ0) is 37.3. The average molecular weight is 777 g/mol. The molecule has 1 fully saturated rings. The molecule has 2 amide bonds. The van der Waals surface area contributed by atoms with Gasteiger partial charge >= 0.3 is 6.09 Å². The number of hydrogen-bond donors (Lipinski definition) is 6. The molecule has 0 spiro atoms. The first-order chi connectivity index (χ1) is 25.7. The minimum Gasteiger partial charge on any atom is -0.506 e. The van der Waals surface area contributed by atoms with Crippen LogP contribution in [0.1, 0.15) is 36.5 Å². The van der Waals surface area contributed by atoms with E-state index in [9.17, 15) is 24.6 Å². The van der Waals surface area contributed by atoms with Gasteiger partial charge in [-0.15, -0.1) is 12.4 Å². The first-order valence-electron chi connectivity index (χ1n) is 17.4. The number of aromatic amines is 1. The Labute approximate surface area is 323 Å². The molecule has 1 aromatic heterocycles. The summed E-state index contributed by atoms with van der Waals surface area (Å²) in [6.45, 7) is 2.40. The zero-order valence-corrected chi connectivity index (χ0v) is 31.2. The topological polar surface area (TPSA) is 165 Å². The number of carbonyl (C=O) groups is 2. The molecule has 0 saturated carbocycles.